The van der Waals surface area contributed by atoms with Crippen LogP contribution in [0.25, 0.3) is 0 Å². The second-order valence-corrected chi connectivity index (χ2v) is 4.65. The lowest BCUT2D eigenvalue weighted by molar-refractivity contribution is -0.151. The summed E-state index contributed by atoms with van der Waals surface area (Å²) in [6.45, 7) is 6.26. The predicted molar refractivity (Wildman–Crippen MR) is 60.3 cm³/mol. The maximum absolute atomic E-state index is 4.14. The number of hydrogen-bond donors (Lipinski definition) is 0. The normalized spacial score (nSPS) is 38.0. The fraction of sp³-hybridized carbons (Fsp3) is 0.692. The highest BCUT2D eigenvalue weighted by Gasteiger charge is 2.54. The van der Waals surface area contributed by atoms with Crippen LogP contribution in [-0.4, -0.2) is 12.7 Å². The quantitative estimate of drug-likeness (QED) is 0.442. The van der Waals surface area contributed by atoms with Gasteiger partial charge in [0, 0.05) is 12.5 Å². The van der Waals surface area contributed by atoms with E-state index in [0.717, 1.165) is 5.92 Å². The van der Waals surface area contributed by atoms with Crippen LogP contribution in [0.2, 0.25) is 0 Å². The third-order valence-corrected chi connectivity index (χ3v) is 3.99. The Bertz CT molecular complexity index is 266. The van der Waals surface area contributed by atoms with Gasteiger partial charge < -0.3 is 4.37 Å². The molecule has 1 heteroatoms. The monoisotopic (exact) mass is 193 g/mol. The van der Waals surface area contributed by atoms with Crippen LogP contribution in [0, 0.1) is 5.92 Å². The van der Waals surface area contributed by atoms with Crippen molar-refractivity contribution in [3.8, 4) is 0 Å². The Hall–Kier alpha value is -0.720. The van der Waals surface area contributed by atoms with Crippen LogP contribution < -0.4 is 0 Å². The summed E-state index contributed by atoms with van der Waals surface area (Å²) in [4.78, 5) is 0. The average Bonchev–Trinajstić information content (AvgIpc) is 2.42. The number of rotatable bonds is 1. The van der Waals surface area contributed by atoms with Gasteiger partial charge in [-0.15, -0.1) is 0 Å². The molecular formula is C13H21O+. The van der Waals surface area contributed by atoms with E-state index in [1.165, 1.54) is 37.9 Å². The van der Waals surface area contributed by atoms with Crippen molar-refractivity contribution in [1.29, 1.82) is 0 Å². The maximum atomic E-state index is 4.14. The highest BCUT2D eigenvalue weighted by atomic mass is 16.7. The first kappa shape index (κ1) is 9.82. The van der Waals surface area contributed by atoms with E-state index in [2.05, 4.69) is 37.1 Å². The third-order valence-electron chi connectivity index (χ3n) is 3.99. The van der Waals surface area contributed by atoms with Gasteiger partial charge in [0.15, 0.2) is 7.11 Å². The van der Waals surface area contributed by atoms with Gasteiger partial charge in [-0.3, -0.25) is 0 Å². The molecule has 0 N–H and O–H groups in total. The molecule has 0 aromatic rings. The summed E-state index contributed by atoms with van der Waals surface area (Å²) in [6.07, 6.45) is 11.1. The summed E-state index contributed by atoms with van der Waals surface area (Å²) < 4.78 is 3.29. The number of fused-ring (bicyclic) bond motifs is 1. The van der Waals surface area contributed by atoms with E-state index in [-0.39, 0.29) is 5.60 Å². The molecule has 2 atom stereocenters. The maximum Gasteiger partial charge on any atom is 0.224 e. The molecule has 2 rings (SSSR count). The van der Waals surface area contributed by atoms with Gasteiger partial charge in [-0.25, -0.2) is 0 Å². The molecule has 2 fully saturated rings. The van der Waals surface area contributed by atoms with Crippen LogP contribution in [0.1, 0.15) is 39.0 Å². The molecule has 2 aliphatic rings. The Morgan fingerprint density at radius 2 is 2.29 bits per heavy atom. The van der Waals surface area contributed by atoms with Crippen molar-refractivity contribution in [3.63, 3.8) is 0 Å². The van der Waals surface area contributed by atoms with E-state index in [0.29, 0.717) is 0 Å². The zero-order valence-electron chi connectivity index (χ0n) is 9.38. The highest BCUT2D eigenvalue weighted by Crippen LogP contribution is 2.51. The fourth-order valence-electron chi connectivity index (χ4n) is 3.19. The molecule has 1 nitrogen and oxygen atoms in total. The van der Waals surface area contributed by atoms with Crippen LogP contribution >= 0.6 is 0 Å². The predicted octanol–water partition coefficient (Wildman–Crippen LogP) is 3.59. The first-order valence-corrected chi connectivity index (χ1v) is 5.68. The lowest BCUT2D eigenvalue weighted by Gasteiger charge is -2.39. The van der Waals surface area contributed by atoms with Crippen LogP contribution in [0.4, 0.5) is 0 Å². The van der Waals surface area contributed by atoms with Gasteiger partial charge in [0.25, 0.3) is 0 Å². The van der Waals surface area contributed by atoms with Gasteiger partial charge in [0.2, 0.25) is 11.4 Å². The van der Waals surface area contributed by atoms with Crippen LogP contribution in [0.3, 0.4) is 0 Å². The molecule has 1 saturated carbocycles. The van der Waals surface area contributed by atoms with Crippen LogP contribution in [0.5, 0.6) is 0 Å². The molecule has 14 heavy (non-hydrogen) atoms. The van der Waals surface area contributed by atoms with Crippen molar-refractivity contribution < 1.29 is 4.37 Å². The van der Waals surface area contributed by atoms with Crippen molar-refractivity contribution in [2.75, 3.05) is 7.11 Å². The summed E-state index contributed by atoms with van der Waals surface area (Å²) in [5.41, 5.74) is 0.240. The molecule has 0 unspecified atom stereocenters. The molecule has 1 heterocycles. The second kappa shape index (κ2) is 3.45. The first-order chi connectivity index (χ1) is 6.70. The van der Waals surface area contributed by atoms with E-state index >= 15 is 0 Å². The molecule has 0 bridgehead atoms. The molecule has 0 spiro atoms. The zero-order chi connectivity index (χ0) is 10.2. The van der Waals surface area contributed by atoms with E-state index in [9.17, 15) is 0 Å². The minimum atomic E-state index is 0.240. The van der Waals surface area contributed by atoms with E-state index in [4.69, 9.17) is 0 Å². The SMILES string of the molecule is C=C1C[C@@H]2CCCC[C@]2(/C=C/C)[O+]1C. The van der Waals surface area contributed by atoms with Gasteiger partial charge >= 0.3 is 0 Å². The van der Waals surface area contributed by atoms with Crippen molar-refractivity contribution >= 4 is 0 Å². The molecule has 1 saturated heterocycles. The van der Waals surface area contributed by atoms with E-state index in [1.54, 1.807) is 0 Å². The summed E-state index contributed by atoms with van der Waals surface area (Å²) in [7, 11) is 2.13. The molecule has 1 aliphatic carbocycles. The molecule has 0 amide bonds. The largest absolute Gasteiger partial charge is 0.570 e. The minimum Gasteiger partial charge on any atom is -0.570 e. The molecule has 78 valence electrons. The van der Waals surface area contributed by atoms with Gasteiger partial charge in [-0.1, -0.05) is 12.5 Å². The summed E-state index contributed by atoms with van der Waals surface area (Å²) in [5.74, 6) is 2.03. The molecule has 0 aromatic heterocycles. The van der Waals surface area contributed by atoms with Gasteiger partial charge in [0.1, 0.15) is 0 Å². The smallest absolute Gasteiger partial charge is 0.224 e. The first-order valence-electron chi connectivity index (χ1n) is 5.68. The standard InChI is InChI=1S/C13H21O/c1-4-8-13-9-6-5-7-12(13)10-11(2)14(13)3/h4,8,12H,2,5-7,9-10H2,1,3H3/q+1/b8-4+/t12-,13-/m0/s1. The van der Waals surface area contributed by atoms with Crippen molar-refractivity contribution in [2.24, 2.45) is 5.92 Å². The third kappa shape index (κ3) is 1.22. The molecule has 1 aliphatic heterocycles. The van der Waals surface area contributed by atoms with E-state index < -0.39 is 0 Å². The Kier molecular flexibility index (Phi) is 2.42. The Balaban J connectivity index is 2.33. The number of hydrogen-bond acceptors (Lipinski definition) is 0. The second-order valence-electron chi connectivity index (χ2n) is 4.65. The Morgan fingerprint density at radius 1 is 1.50 bits per heavy atom. The van der Waals surface area contributed by atoms with Crippen molar-refractivity contribution in [2.45, 2.75) is 44.6 Å². The van der Waals surface area contributed by atoms with Crippen LogP contribution in [0.15, 0.2) is 24.5 Å². The topological polar surface area (TPSA) is 2.70 Å². The lowest BCUT2D eigenvalue weighted by atomic mass is 9.75. The summed E-state index contributed by atoms with van der Waals surface area (Å²) in [5, 5.41) is 0. The zero-order valence-corrected chi connectivity index (χ0v) is 9.38. The molecular weight excluding hydrogens is 172 g/mol. The summed E-state index contributed by atoms with van der Waals surface area (Å²) in [6, 6.07) is 0. The highest BCUT2D eigenvalue weighted by molar-refractivity contribution is 5.17. The van der Waals surface area contributed by atoms with Crippen molar-refractivity contribution in [3.05, 3.63) is 24.5 Å². The van der Waals surface area contributed by atoms with E-state index in [1.807, 2.05) is 0 Å². The Morgan fingerprint density at radius 3 is 3.00 bits per heavy atom. The average molecular weight is 193 g/mol. The Labute approximate surface area is 87.2 Å². The number of allylic oxidation sites excluding steroid dienone is 2. The summed E-state index contributed by atoms with van der Waals surface area (Å²) >= 11 is 0. The molecule has 0 aromatic carbocycles. The lowest BCUT2D eigenvalue weighted by Crippen LogP contribution is -2.41. The van der Waals surface area contributed by atoms with Crippen molar-refractivity contribution in [1.82, 2.24) is 0 Å². The van der Waals surface area contributed by atoms with Gasteiger partial charge in [-0.2, -0.15) is 0 Å². The fourth-order valence-corrected chi connectivity index (χ4v) is 3.19. The van der Waals surface area contributed by atoms with Gasteiger partial charge in [-0.05, 0) is 26.3 Å². The minimum absolute atomic E-state index is 0.240. The van der Waals surface area contributed by atoms with Gasteiger partial charge in [0.05, 0.1) is 12.3 Å². The van der Waals surface area contributed by atoms with Crippen LogP contribution in [-0.2, 0) is 4.37 Å². The molecule has 0 radical (unpaired) electrons.